The molecule has 0 atom stereocenters. The summed E-state index contributed by atoms with van der Waals surface area (Å²) in [5.74, 6) is -0.151. The van der Waals surface area contributed by atoms with Gasteiger partial charge >= 0.3 is 6.18 Å². The lowest BCUT2D eigenvalue weighted by Crippen LogP contribution is -2.29. The molecule has 8 heteroatoms. The molecule has 38 heavy (non-hydrogen) atoms. The number of halogens is 3. The second kappa shape index (κ2) is 12.8. The quantitative estimate of drug-likeness (QED) is 0.302. The molecule has 1 aromatic heterocycles. The van der Waals surface area contributed by atoms with E-state index < -0.39 is 17.3 Å². The summed E-state index contributed by atoms with van der Waals surface area (Å²) < 4.78 is 41.3. The third kappa shape index (κ3) is 7.49. The van der Waals surface area contributed by atoms with Crippen LogP contribution < -0.4 is 5.32 Å². The topological polar surface area (TPSA) is 49.6 Å². The Hall–Kier alpha value is -3.55. The van der Waals surface area contributed by atoms with Crippen LogP contribution in [0.25, 0.3) is 0 Å². The van der Waals surface area contributed by atoms with E-state index in [2.05, 4.69) is 17.0 Å². The van der Waals surface area contributed by atoms with Crippen molar-refractivity contribution in [3.63, 3.8) is 0 Å². The van der Waals surface area contributed by atoms with Crippen LogP contribution in [0, 0.1) is 6.92 Å². The van der Waals surface area contributed by atoms with E-state index in [-0.39, 0.29) is 5.91 Å². The molecule has 5 nitrogen and oxygen atoms in total. The summed E-state index contributed by atoms with van der Waals surface area (Å²) in [6, 6.07) is 15.0. The van der Waals surface area contributed by atoms with Crippen LogP contribution in [0.3, 0.4) is 0 Å². The number of nitrogens with one attached hydrogen (secondary N) is 1. The van der Waals surface area contributed by atoms with Crippen molar-refractivity contribution in [2.75, 3.05) is 26.0 Å². The summed E-state index contributed by atoms with van der Waals surface area (Å²) in [6.07, 6.45) is -3.91. The predicted molar refractivity (Wildman–Crippen MR) is 150 cm³/mol. The van der Waals surface area contributed by atoms with Gasteiger partial charge in [-0.15, -0.1) is 0 Å². The Morgan fingerprint density at radius 1 is 1.00 bits per heavy atom. The van der Waals surface area contributed by atoms with Gasteiger partial charge in [-0.25, -0.2) is 0 Å². The van der Waals surface area contributed by atoms with E-state index in [0.29, 0.717) is 36.3 Å². The van der Waals surface area contributed by atoms with Gasteiger partial charge in [0.2, 0.25) is 0 Å². The van der Waals surface area contributed by atoms with Crippen LogP contribution in [0.4, 0.5) is 18.9 Å². The zero-order valence-corrected chi connectivity index (χ0v) is 23.4. The first-order valence-electron chi connectivity index (χ1n) is 12.7. The molecule has 0 radical (unpaired) electrons. The van der Waals surface area contributed by atoms with Crippen LogP contribution in [0.15, 0.2) is 59.6 Å². The summed E-state index contributed by atoms with van der Waals surface area (Å²) in [5, 5.41) is 3.42. The average molecular weight is 529 g/mol. The van der Waals surface area contributed by atoms with E-state index in [1.807, 2.05) is 69.5 Å². The molecule has 2 aromatic carbocycles. The van der Waals surface area contributed by atoms with E-state index >= 15 is 0 Å². The molecule has 0 unspecified atom stereocenters. The number of carbonyl (C=O) groups excluding carboxylic acids is 1. The standard InChI is InChI=1S/C28H33F3N4O.C2H6/c1-19-25(33-18-27(2,3)32-4)24(26(36)34(5)6)23(16-20-10-8-7-9-11-20)35(19)17-21-12-14-22(15-13-21)28(29,30)31;1-2/h7-15,33H,4,16-18H2,1-3,5-6H3;1-2H3. The van der Waals surface area contributed by atoms with Gasteiger partial charge < -0.3 is 14.8 Å². The molecule has 206 valence electrons. The van der Waals surface area contributed by atoms with E-state index in [9.17, 15) is 18.0 Å². The maximum Gasteiger partial charge on any atom is 0.416 e. The maximum absolute atomic E-state index is 13.5. The highest BCUT2D eigenvalue weighted by atomic mass is 19.4. The monoisotopic (exact) mass is 528 g/mol. The highest BCUT2D eigenvalue weighted by Gasteiger charge is 2.31. The molecule has 0 aliphatic carbocycles. The van der Waals surface area contributed by atoms with E-state index in [1.54, 1.807) is 14.1 Å². The van der Waals surface area contributed by atoms with Gasteiger partial charge in [0, 0.05) is 45.0 Å². The van der Waals surface area contributed by atoms with Gasteiger partial charge in [0.15, 0.2) is 0 Å². The molecule has 1 N–H and O–H groups in total. The summed E-state index contributed by atoms with van der Waals surface area (Å²) in [7, 11) is 3.41. The number of nitrogens with zero attached hydrogens (tertiary/aromatic N) is 3. The van der Waals surface area contributed by atoms with Crippen molar-refractivity contribution in [2.24, 2.45) is 4.99 Å². The number of aliphatic imine (C=N–C) groups is 1. The molecular weight excluding hydrogens is 489 g/mol. The Labute approximate surface area is 224 Å². The number of hydrogen-bond donors (Lipinski definition) is 1. The molecule has 0 bridgehead atoms. The average Bonchev–Trinajstić information content (AvgIpc) is 3.14. The predicted octanol–water partition coefficient (Wildman–Crippen LogP) is 7.07. The van der Waals surface area contributed by atoms with E-state index in [4.69, 9.17) is 0 Å². The molecule has 3 rings (SSSR count). The lowest BCUT2D eigenvalue weighted by atomic mass is 10.0. The molecule has 0 fully saturated rings. The second-order valence-corrected chi connectivity index (χ2v) is 9.75. The molecule has 1 amide bonds. The van der Waals surface area contributed by atoms with Crippen LogP contribution in [-0.2, 0) is 19.1 Å². The van der Waals surface area contributed by atoms with Gasteiger partial charge in [0.1, 0.15) is 0 Å². The number of benzene rings is 2. The Bertz CT molecular complexity index is 1210. The number of hydrogen-bond acceptors (Lipinski definition) is 3. The first-order chi connectivity index (χ1) is 17.8. The fraction of sp³-hybridized carbons (Fsp3) is 0.400. The van der Waals surface area contributed by atoms with Crippen LogP contribution in [0.1, 0.15) is 66.1 Å². The molecular formula is C30H39F3N4O. The number of rotatable bonds is 9. The number of carbonyl (C=O) groups is 1. The van der Waals surface area contributed by atoms with Gasteiger partial charge in [0.25, 0.3) is 5.91 Å². The smallest absolute Gasteiger partial charge is 0.381 e. The van der Waals surface area contributed by atoms with Crippen LogP contribution in [0.2, 0.25) is 0 Å². The number of amides is 1. The molecule has 0 saturated heterocycles. The van der Waals surface area contributed by atoms with Gasteiger partial charge in [-0.1, -0.05) is 56.3 Å². The van der Waals surface area contributed by atoms with Gasteiger partial charge in [-0.3, -0.25) is 9.79 Å². The van der Waals surface area contributed by atoms with Gasteiger partial charge in [0.05, 0.1) is 22.4 Å². The Morgan fingerprint density at radius 3 is 2.08 bits per heavy atom. The minimum absolute atomic E-state index is 0.151. The lowest BCUT2D eigenvalue weighted by Gasteiger charge is -2.21. The molecule has 0 spiro atoms. The third-order valence-electron chi connectivity index (χ3n) is 6.21. The summed E-state index contributed by atoms with van der Waals surface area (Å²) >= 11 is 0. The maximum atomic E-state index is 13.5. The highest BCUT2D eigenvalue weighted by molar-refractivity contribution is 6.01. The van der Waals surface area contributed by atoms with E-state index in [0.717, 1.165) is 29.1 Å². The Balaban J connectivity index is 0.00000247. The minimum Gasteiger partial charge on any atom is -0.381 e. The van der Waals surface area contributed by atoms with Gasteiger partial charge in [-0.2, -0.15) is 13.2 Å². The van der Waals surface area contributed by atoms with Crippen molar-refractivity contribution in [3.05, 3.63) is 88.2 Å². The molecule has 1 heterocycles. The fourth-order valence-electron chi connectivity index (χ4n) is 4.00. The number of alkyl halides is 3. The third-order valence-corrected chi connectivity index (χ3v) is 6.21. The van der Waals surface area contributed by atoms with Crippen molar-refractivity contribution in [1.82, 2.24) is 9.47 Å². The first kappa shape index (κ1) is 30.7. The summed E-state index contributed by atoms with van der Waals surface area (Å²) in [5.41, 5.74) is 3.45. The first-order valence-corrected chi connectivity index (χ1v) is 12.7. The molecule has 3 aromatic rings. The Morgan fingerprint density at radius 2 is 1.58 bits per heavy atom. The van der Waals surface area contributed by atoms with Crippen molar-refractivity contribution in [3.8, 4) is 0 Å². The second-order valence-electron chi connectivity index (χ2n) is 9.75. The van der Waals surface area contributed by atoms with Crippen molar-refractivity contribution in [1.29, 1.82) is 0 Å². The normalized spacial score (nSPS) is 11.4. The van der Waals surface area contributed by atoms with Crippen LogP contribution in [0.5, 0.6) is 0 Å². The minimum atomic E-state index is -4.39. The molecule has 0 aliphatic heterocycles. The largest absolute Gasteiger partial charge is 0.416 e. The van der Waals surface area contributed by atoms with Gasteiger partial charge in [-0.05, 0) is 50.7 Å². The zero-order chi connectivity index (χ0) is 28.7. The lowest BCUT2D eigenvalue weighted by molar-refractivity contribution is -0.137. The highest BCUT2D eigenvalue weighted by Crippen LogP contribution is 2.33. The van der Waals surface area contributed by atoms with Crippen molar-refractivity contribution in [2.45, 2.75) is 59.3 Å². The van der Waals surface area contributed by atoms with E-state index in [1.165, 1.54) is 17.0 Å². The van der Waals surface area contributed by atoms with Crippen LogP contribution >= 0.6 is 0 Å². The summed E-state index contributed by atoms with van der Waals surface area (Å²) in [6.45, 7) is 14.3. The van der Waals surface area contributed by atoms with Crippen LogP contribution in [-0.4, -0.2) is 48.3 Å². The number of anilines is 1. The van der Waals surface area contributed by atoms with Crippen molar-refractivity contribution < 1.29 is 18.0 Å². The zero-order valence-electron chi connectivity index (χ0n) is 23.4. The summed E-state index contributed by atoms with van der Waals surface area (Å²) in [4.78, 5) is 19.2. The SMILES string of the molecule is C=NC(C)(C)CNc1c(C(=O)N(C)C)c(Cc2ccccc2)n(Cc2ccc(C(F)(F)F)cc2)c1C.CC. The van der Waals surface area contributed by atoms with Crippen molar-refractivity contribution >= 4 is 18.3 Å². The molecule has 0 aliphatic rings. The fourth-order valence-corrected chi connectivity index (χ4v) is 4.00. The Kier molecular flexibility index (Phi) is 10.3. The number of aromatic nitrogens is 1. The molecule has 0 saturated carbocycles.